The number of hydrogen-bond acceptors (Lipinski definition) is 1. The Balaban J connectivity index is 2.77. The topological polar surface area (TPSA) is 26.0 Å². The van der Waals surface area contributed by atoms with Crippen molar-refractivity contribution in [2.75, 3.05) is 6.54 Å². The third-order valence-corrected chi connectivity index (χ3v) is 3.04. The van der Waals surface area contributed by atoms with Crippen LogP contribution in [0.5, 0.6) is 0 Å². The molecule has 0 bridgehead atoms. The molecule has 0 radical (unpaired) electrons. The van der Waals surface area contributed by atoms with Crippen LogP contribution in [0.3, 0.4) is 0 Å². The number of aryl methyl sites for hydroxylation is 2. The molecular weight excluding hydrogens is 257 g/mol. The molecule has 1 aromatic carbocycles. The van der Waals surface area contributed by atoms with Gasteiger partial charge in [0.05, 0.1) is 4.47 Å². The van der Waals surface area contributed by atoms with Crippen LogP contribution in [0.2, 0.25) is 0 Å². The molecular formula is C12H17BrFN. The Morgan fingerprint density at radius 1 is 1.33 bits per heavy atom. The highest BCUT2D eigenvalue weighted by Crippen LogP contribution is 2.22. The number of benzene rings is 1. The van der Waals surface area contributed by atoms with Gasteiger partial charge in [-0.25, -0.2) is 4.39 Å². The normalized spacial score (nSPS) is 10.7. The molecule has 0 aliphatic heterocycles. The quantitative estimate of drug-likeness (QED) is 0.818. The van der Waals surface area contributed by atoms with Crippen LogP contribution in [0.4, 0.5) is 4.39 Å². The summed E-state index contributed by atoms with van der Waals surface area (Å²) in [5, 5.41) is 0. The third-order valence-electron chi connectivity index (χ3n) is 2.46. The average molecular weight is 274 g/mol. The van der Waals surface area contributed by atoms with Crippen LogP contribution in [0.15, 0.2) is 16.6 Å². The Bertz CT molecular complexity index is 326. The predicted molar refractivity (Wildman–Crippen MR) is 65.5 cm³/mol. The first kappa shape index (κ1) is 12.7. The average Bonchev–Trinajstić information content (AvgIpc) is 2.23. The van der Waals surface area contributed by atoms with Gasteiger partial charge in [0.2, 0.25) is 0 Å². The van der Waals surface area contributed by atoms with E-state index < -0.39 is 0 Å². The molecule has 0 saturated carbocycles. The van der Waals surface area contributed by atoms with E-state index in [1.54, 1.807) is 0 Å². The molecule has 0 aliphatic carbocycles. The molecule has 0 heterocycles. The summed E-state index contributed by atoms with van der Waals surface area (Å²) in [6, 6.07) is 3.82. The molecule has 0 fully saturated rings. The van der Waals surface area contributed by atoms with Gasteiger partial charge in [-0.3, -0.25) is 0 Å². The zero-order valence-corrected chi connectivity index (χ0v) is 10.6. The van der Waals surface area contributed by atoms with Crippen LogP contribution in [0.25, 0.3) is 0 Å². The molecule has 2 N–H and O–H groups in total. The smallest absolute Gasteiger partial charge is 0.140 e. The second-order valence-electron chi connectivity index (χ2n) is 3.65. The zero-order chi connectivity index (χ0) is 11.3. The number of unbranched alkanes of at least 4 members (excludes halogenated alkanes) is 1. The summed E-state index contributed by atoms with van der Waals surface area (Å²) < 4.78 is 14.1. The van der Waals surface area contributed by atoms with Crippen molar-refractivity contribution in [2.24, 2.45) is 5.73 Å². The number of nitrogens with two attached hydrogens (primary N) is 1. The second-order valence-corrected chi connectivity index (χ2v) is 4.50. The molecule has 1 aromatic rings. The molecule has 0 atom stereocenters. The molecule has 0 aromatic heterocycles. The van der Waals surface area contributed by atoms with Gasteiger partial charge in [0, 0.05) is 0 Å². The number of rotatable bonds is 5. The van der Waals surface area contributed by atoms with Crippen molar-refractivity contribution < 1.29 is 4.39 Å². The molecule has 15 heavy (non-hydrogen) atoms. The Labute approximate surface area is 99.0 Å². The van der Waals surface area contributed by atoms with Crippen LogP contribution in [0, 0.1) is 5.82 Å². The summed E-state index contributed by atoms with van der Waals surface area (Å²) in [6.45, 7) is 2.69. The maximum atomic E-state index is 13.5. The molecule has 0 unspecified atom stereocenters. The highest BCUT2D eigenvalue weighted by atomic mass is 79.9. The minimum absolute atomic E-state index is 0.125. The monoisotopic (exact) mass is 273 g/mol. The van der Waals surface area contributed by atoms with E-state index in [2.05, 4.69) is 15.9 Å². The van der Waals surface area contributed by atoms with Crippen molar-refractivity contribution in [3.63, 3.8) is 0 Å². The maximum absolute atomic E-state index is 13.5. The molecule has 0 saturated heterocycles. The Kier molecular flexibility index (Phi) is 5.26. The first-order chi connectivity index (χ1) is 7.19. The highest BCUT2D eigenvalue weighted by molar-refractivity contribution is 9.10. The number of hydrogen-bond donors (Lipinski definition) is 1. The molecule has 1 nitrogen and oxygen atoms in total. The fourth-order valence-electron chi connectivity index (χ4n) is 1.58. The first-order valence-corrected chi connectivity index (χ1v) is 6.15. The Morgan fingerprint density at radius 2 is 2.07 bits per heavy atom. The van der Waals surface area contributed by atoms with E-state index in [4.69, 9.17) is 5.73 Å². The summed E-state index contributed by atoms with van der Waals surface area (Å²) in [5.74, 6) is -0.125. The molecule has 0 amide bonds. The minimum atomic E-state index is -0.125. The fourth-order valence-corrected chi connectivity index (χ4v) is 2.13. The van der Waals surface area contributed by atoms with Gasteiger partial charge < -0.3 is 5.73 Å². The molecule has 84 valence electrons. The van der Waals surface area contributed by atoms with Gasteiger partial charge in [-0.1, -0.05) is 13.0 Å². The van der Waals surface area contributed by atoms with Crippen LogP contribution < -0.4 is 5.73 Å². The van der Waals surface area contributed by atoms with Crippen LogP contribution in [-0.2, 0) is 12.8 Å². The lowest BCUT2D eigenvalue weighted by molar-refractivity contribution is 0.603. The first-order valence-electron chi connectivity index (χ1n) is 5.36. The van der Waals surface area contributed by atoms with E-state index in [-0.39, 0.29) is 5.82 Å². The SMILES string of the molecule is CCc1cc(CCCCN)cc(Br)c1F. The summed E-state index contributed by atoms with van der Waals surface area (Å²) in [7, 11) is 0. The van der Waals surface area contributed by atoms with Crippen molar-refractivity contribution in [3.8, 4) is 0 Å². The van der Waals surface area contributed by atoms with E-state index in [1.807, 2.05) is 19.1 Å². The van der Waals surface area contributed by atoms with Crippen LogP contribution in [-0.4, -0.2) is 6.54 Å². The van der Waals surface area contributed by atoms with E-state index in [9.17, 15) is 4.39 Å². The Hall–Kier alpha value is -0.410. The lowest BCUT2D eigenvalue weighted by Crippen LogP contribution is -2.00. The third kappa shape index (κ3) is 3.58. The largest absolute Gasteiger partial charge is 0.330 e. The lowest BCUT2D eigenvalue weighted by Gasteiger charge is -2.07. The van der Waals surface area contributed by atoms with Gasteiger partial charge in [0.25, 0.3) is 0 Å². The summed E-state index contributed by atoms with van der Waals surface area (Å²) in [5.41, 5.74) is 7.41. The summed E-state index contributed by atoms with van der Waals surface area (Å²) >= 11 is 3.25. The summed E-state index contributed by atoms with van der Waals surface area (Å²) in [6.07, 6.45) is 3.80. The van der Waals surface area contributed by atoms with E-state index >= 15 is 0 Å². The van der Waals surface area contributed by atoms with Crippen LogP contribution >= 0.6 is 15.9 Å². The lowest BCUT2D eigenvalue weighted by atomic mass is 10.0. The highest BCUT2D eigenvalue weighted by Gasteiger charge is 2.07. The van der Waals surface area contributed by atoms with Gasteiger partial charge in [0.1, 0.15) is 5.82 Å². The maximum Gasteiger partial charge on any atom is 0.140 e. The molecule has 1 rings (SSSR count). The summed E-state index contributed by atoms with van der Waals surface area (Å²) in [4.78, 5) is 0. The van der Waals surface area contributed by atoms with Crippen molar-refractivity contribution in [1.82, 2.24) is 0 Å². The van der Waals surface area contributed by atoms with Gasteiger partial charge in [0.15, 0.2) is 0 Å². The zero-order valence-electron chi connectivity index (χ0n) is 9.02. The van der Waals surface area contributed by atoms with Gasteiger partial charge in [-0.05, 0) is 65.4 Å². The van der Waals surface area contributed by atoms with Gasteiger partial charge in [-0.15, -0.1) is 0 Å². The van der Waals surface area contributed by atoms with Crippen molar-refractivity contribution in [1.29, 1.82) is 0 Å². The van der Waals surface area contributed by atoms with Gasteiger partial charge >= 0.3 is 0 Å². The van der Waals surface area contributed by atoms with Gasteiger partial charge in [-0.2, -0.15) is 0 Å². The van der Waals surface area contributed by atoms with E-state index in [1.165, 1.54) is 5.56 Å². The Morgan fingerprint density at radius 3 is 2.67 bits per heavy atom. The van der Waals surface area contributed by atoms with Crippen molar-refractivity contribution >= 4 is 15.9 Å². The fraction of sp³-hybridized carbons (Fsp3) is 0.500. The second kappa shape index (κ2) is 6.23. The minimum Gasteiger partial charge on any atom is -0.330 e. The molecule has 3 heteroatoms. The van der Waals surface area contributed by atoms with E-state index in [0.717, 1.165) is 37.8 Å². The van der Waals surface area contributed by atoms with Crippen molar-refractivity contribution in [3.05, 3.63) is 33.5 Å². The van der Waals surface area contributed by atoms with E-state index in [0.29, 0.717) is 4.47 Å². The molecule has 0 spiro atoms. The standard InChI is InChI=1S/C12H17BrFN/c1-2-10-7-9(5-3-4-6-15)8-11(13)12(10)14/h7-8H,2-6,15H2,1H3. The predicted octanol–water partition coefficient (Wildman–Crippen LogP) is 3.43. The molecule has 0 aliphatic rings. The van der Waals surface area contributed by atoms with Crippen LogP contribution in [0.1, 0.15) is 30.9 Å². The van der Waals surface area contributed by atoms with Crippen molar-refractivity contribution in [2.45, 2.75) is 32.6 Å². The number of halogens is 2.